The van der Waals surface area contributed by atoms with Crippen molar-refractivity contribution < 1.29 is 14.3 Å². The minimum atomic E-state index is -0.453. The van der Waals surface area contributed by atoms with Gasteiger partial charge in [-0.2, -0.15) is 0 Å². The molecule has 1 aliphatic carbocycles. The predicted octanol–water partition coefficient (Wildman–Crippen LogP) is 3.74. The van der Waals surface area contributed by atoms with Gasteiger partial charge < -0.3 is 19.4 Å². The molecule has 1 N–H and O–H groups in total. The van der Waals surface area contributed by atoms with Crippen LogP contribution in [0.3, 0.4) is 0 Å². The molecule has 2 heterocycles. The Bertz CT molecular complexity index is 1240. The van der Waals surface area contributed by atoms with E-state index in [2.05, 4.69) is 4.98 Å². The minimum Gasteiger partial charge on any atom is -0.493 e. The first-order valence-corrected chi connectivity index (χ1v) is 10.7. The van der Waals surface area contributed by atoms with Crippen LogP contribution in [-0.2, 0) is 11.2 Å². The second-order valence-corrected chi connectivity index (χ2v) is 8.51. The number of pyridine rings is 1. The summed E-state index contributed by atoms with van der Waals surface area (Å²) in [4.78, 5) is 31.4. The third-order valence-electron chi connectivity index (χ3n) is 6.41. The Kier molecular flexibility index (Phi) is 4.73. The van der Waals surface area contributed by atoms with Crippen molar-refractivity contribution in [3.05, 3.63) is 69.0 Å². The third-order valence-corrected chi connectivity index (χ3v) is 6.41. The van der Waals surface area contributed by atoms with Crippen LogP contribution < -0.4 is 15.0 Å². The second kappa shape index (κ2) is 7.45. The number of fused-ring (bicyclic) bond motifs is 2. The first-order chi connectivity index (χ1) is 15.0. The Balaban J connectivity index is 1.72. The van der Waals surface area contributed by atoms with E-state index in [0.29, 0.717) is 23.6 Å². The van der Waals surface area contributed by atoms with Gasteiger partial charge in [0.05, 0.1) is 20.3 Å². The molecule has 0 saturated heterocycles. The van der Waals surface area contributed by atoms with Gasteiger partial charge in [-0.15, -0.1) is 0 Å². The fourth-order valence-electron chi connectivity index (χ4n) is 4.62. The van der Waals surface area contributed by atoms with Gasteiger partial charge in [0.15, 0.2) is 11.5 Å². The van der Waals surface area contributed by atoms with Crippen LogP contribution in [0.4, 0.5) is 0 Å². The summed E-state index contributed by atoms with van der Waals surface area (Å²) in [5.41, 5.74) is 4.30. The smallest absolute Gasteiger partial charge is 0.254 e. The highest BCUT2D eigenvalue weighted by Gasteiger charge is 2.40. The van der Waals surface area contributed by atoms with Crippen LogP contribution in [0.25, 0.3) is 10.9 Å². The summed E-state index contributed by atoms with van der Waals surface area (Å²) >= 11 is 0. The van der Waals surface area contributed by atoms with Gasteiger partial charge >= 0.3 is 0 Å². The average Bonchev–Trinajstić information content (AvgIpc) is 3.62. The van der Waals surface area contributed by atoms with Crippen LogP contribution in [0, 0.1) is 12.8 Å². The van der Waals surface area contributed by atoms with Crippen LogP contribution in [0.15, 0.2) is 41.2 Å². The fraction of sp³-hybridized carbons (Fsp3) is 0.360. The second-order valence-electron chi connectivity index (χ2n) is 8.51. The molecule has 6 nitrogen and oxygen atoms in total. The lowest BCUT2D eigenvalue weighted by atomic mass is 9.87. The number of benzene rings is 2. The van der Waals surface area contributed by atoms with Crippen LogP contribution in [0.1, 0.15) is 41.1 Å². The zero-order valence-corrected chi connectivity index (χ0v) is 18.0. The largest absolute Gasteiger partial charge is 0.493 e. The van der Waals surface area contributed by atoms with Crippen molar-refractivity contribution in [1.82, 2.24) is 9.88 Å². The van der Waals surface area contributed by atoms with Gasteiger partial charge in [-0.25, -0.2) is 0 Å². The van der Waals surface area contributed by atoms with E-state index in [9.17, 15) is 9.59 Å². The van der Waals surface area contributed by atoms with Crippen molar-refractivity contribution in [3.63, 3.8) is 0 Å². The lowest BCUT2D eigenvalue weighted by molar-refractivity contribution is -0.134. The molecule has 3 aromatic rings. The molecule has 2 aliphatic rings. The Morgan fingerprint density at radius 3 is 2.48 bits per heavy atom. The SMILES string of the molecule is COc1cc2c(cc1OC)C(c1cc3ccc(C)cc3[nH]c1=O)N(C(=O)C1CC1)CC2. The summed E-state index contributed by atoms with van der Waals surface area (Å²) in [6.45, 7) is 2.58. The maximum atomic E-state index is 13.2. The van der Waals surface area contributed by atoms with Crippen LogP contribution in [0.2, 0.25) is 0 Å². The van der Waals surface area contributed by atoms with Gasteiger partial charge in [0, 0.05) is 23.5 Å². The Morgan fingerprint density at radius 1 is 1.03 bits per heavy atom. The van der Waals surface area contributed by atoms with Crippen LogP contribution >= 0.6 is 0 Å². The number of H-pyrrole nitrogens is 1. The number of hydrogen-bond donors (Lipinski definition) is 1. The molecule has 0 bridgehead atoms. The summed E-state index contributed by atoms with van der Waals surface area (Å²) in [5, 5.41) is 0.951. The molecular formula is C25H26N2O4. The van der Waals surface area contributed by atoms with Crippen molar-refractivity contribution in [3.8, 4) is 11.5 Å². The molecule has 1 atom stereocenters. The summed E-state index contributed by atoms with van der Waals surface area (Å²) < 4.78 is 11.0. The average molecular weight is 418 g/mol. The molecule has 1 amide bonds. The van der Waals surface area contributed by atoms with Gasteiger partial charge in [0.2, 0.25) is 5.91 Å². The van der Waals surface area contributed by atoms with E-state index in [-0.39, 0.29) is 17.4 Å². The van der Waals surface area contributed by atoms with Gasteiger partial charge in [-0.05, 0) is 72.5 Å². The number of carbonyl (C=O) groups excluding carboxylic acids is 1. The number of nitrogens with one attached hydrogen (secondary N) is 1. The van der Waals surface area contributed by atoms with Crippen molar-refractivity contribution >= 4 is 16.8 Å². The van der Waals surface area contributed by atoms with Crippen LogP contribution in [-0.4, -0.2) is 36.6 Å². The maximum Gasteiger partial charge on any atom is 0.254 e. The fourth-order valence-corrected chi connectivity index (χ4v) is 4.62. The quantitative estimate of drug-likeness (QED) is 0.701. The first-order valence-electron chi connectivity index (χ1n) is 10.7. The number of ether oxygens (including phenoxy) is 2. The van der Waals surface area contributed by atoms with Crippen molar-refractivity contribution in [2.24, 2.45) is 5.92 Å². The van der Waals surface area contributed by atoms with E-state index in [0.717, 1.165) is 46.9 Å². The summed E-state index contributed by atoms with van der Waals surface area (Å²) in [6.07, 6.45) is 2.57. The number of hydrogen-bond acceptors (Lipinski definition) is 4. The molecule has 1 fully saturated rings. The van der Waals surface area contributed by atoms with E-state index >= 15 is 0 Å². The number of aromatic nitrogens is 1. The number of nitrogens with zero attached hydrogens (tertiary/aromatic N) is 1. The van der Waals surface area contributed by atoms with Crippen molar-refractivity contribution in [2.45, 2.75) is 32.2 Å². The van der Waals surface area contributed by atoms with Gasteiger partial charge in [-0.3, -0.25) is 9.59 Å². The number of aromatic amines is 1. The van der Waals surface area contributed by atoms with E-state index in [4.69, 9.17) is 9.47 Å². The van der Waals surface area contributed by atoms with E-state index in [1.165, 1.54) is 0 Å². The molecule has 0 spiro atoms. The Labute approximate surface area is 180 Å². The van der Waals surface area contributed by atoms with Crippen LogP contribution in [0.5, 0.6) is 11.5 Å². The lowest BCUT2D eigenvalue weighted by Gasteiger charge is -2.38. The van der Waals surface area contributed by atoms with Gasteiger partial charge in [0.25, 0.3) is 5.56 Å². The summed E-state index contributed by atoms with van der Waals surface area (Å²) in [5.74, 6) is 1.46. The zero-order valence-electron chi connectivity index (χ0n) is 18.0. The number of aryl methyl sites for hydroxylation is 1. The first kappa shape index (κ1) is 19.7. The molecule has 160 valence electrons. The summed E-state index contributed by atoms with van der Waals surface area (Å²) in [6, 6.07) is 11.4. The number of amides is 1. The molecular weight excluding hydrogens is 392 g/mol. The molecule has 31 heavy (non-hydrogen) atoms. The molecule has 1 aromatic heterocycles. The third kappa shape index (κ3) is 3.36. The highest BCUT2D eigenvalue weighted by molar-refractivity contribution is 5.83. The predicted molar refractivity (Wildman–Crippen MR) is 119 cm³/mol. The van der Waals surface area contributed by atoms with E-state index in [1.54, 1.807) is 14.2 Å². The number of carbonyl (C=O) groups is 1. The van der Waals surface area contributed by atoms with Crippen molar-refractivity contribution in [2.75, 3.05) is 20.8 Å². The minimum absolute atomic E-state index is 0.0754. The standard InChI is InChI=1S/C25H26N2O4/c1-14-4-5-17-11-19(24(28)26-20(17)10-14)23-18-13-22(31-3)21(30-2)12-16(18)8-9-27(23)25(29)15-6-7-15/h4-5,10-13,15,23H,6-9H2,1-3H3,(H,26,28). The van der Waals surface area contributed by atoms with Gasteiger partial charge in [-0.1, -0.05) is 12.1 Å². The molecule has 6 heteroatoms. The van der Waals surface area contributed by atoms with Gasteiger partial charge in [0.1, 0.15) is 0 Å². The highest BCUT2D eigenvalue weighted by atomic mass is 16.5. The Hall–Kier alpha value is -3.28. The monoisotopic (exact) mass is 418 g/mol. The molecule has 1 unspecified atom stereocenters. The normalized spacial score (nSPS) is 18.0. The maximum absolute atomic E-state index is 13.2. The molecule has 5 rings (SSSR count). The number of rotatable bonds is 4. The molecule has 0 radical (unpaired) electrons. The number of methoxy groups -OCH3 is 2. The van der Waals surface area contributed by atoms with Crippen molar-refractivity contribution in [1.29, 1.82) is 0 Å². The van der Waals surface area contributed by atoms with E-state index < -0.39 is 6.04 Å². The highest BCUT2D eigenvalue weighted by Crippen LogP contribution is 2.43. The molecule has 1 aliphatic heterocycles. The topological polar surface area (TPSA) is 71.6 Å². The van der Waals surface area contributed by atoms with E-state index in [1.807, 2.05) is 48.2 Å². The molecule has 1 saturated carbocycles. The summed E-state index contributed by atoms with van der Waals surface area (Å²) in [7, 11) is 3.21. The lowest BCUT2D eigenvalue weighted by Crippen LogP contribution is -2.43. The molecule has 2 aromatic carbocycles. The zero-order chi connectivity index (χ0) is 21.7. The Morgan fingerprint density at radius 2 is 1.77 bits per heavy atom.